The van der Waals surface area contributed by atoms with Crippen molar-refractivity contribution < 1.29 is 9.47 Å². The van der Waals surface area contributed by atoms with Gasteiger partial charge in [0.2, 0.25) is 0 Å². The fraction of sp³-hybridized carbons (Fsp3) is 0.182. The second-order valence-corrected chi connectivity index (χ2v) is 6.28. The molecule has 0 unspecified atom stereocenters. The van der Waals surface area contributed by atoms with E-state index < -0.39 is 0 Å². The maximum absolute atomic E-state index is 5.34. The Morgan fingerprint density at radius 3 is 2.28 bits per heavy atom. The zero-order chi connectivity index (χ0) is 17.2. The van der Waals surface area contributed by atoms with Gasteiger partial charge in [-0.1, -0.05) is 30.3 Å². The van der Waals surface area contributed by atoms with Crippen LogP contribution in [0.15, 0.2) is 60.7 Å². The van der Waals surface area contributed by atoms with Crippen LogP contribution in [0.1, 0.15) is 16.7 Å². The molecule has 0 radical (unpaired) electrons. The van der Waals surface area contributed by atoms with E-state index in [9.17, 15) is 0 Å². The molecule has 0 saturated carbocycles. The van der Waals surface area contributed by atoms with Crippen molar-refractivity contribution in [2.24, 2.45) is 0 Å². The zero-order valence-corrected chi connectivity index (χ0v) is 14.5. The van der Waals surface area contributed by atoms with Gasteiger partial charge in [-0.2, -0.15) is 0 Å². The van der Waals surface area contributed by atoms with Gasteiger partial charge in [0.15, 0.2) is 0 Å². The Bertz CT molecular complexity index is 895. The van der Waals surface area contributed by atoms with E-state index in [2.05, 4.69) is 47.8 Å². The summed E-state index contributed by atoms with van der Waals surface area (Å²) in [5.74, 6) is 1.61. The number of rotatable bonds is 5. The number of hydrogen-bond acceptors (Lipinski definition) is 3. The number of hydrogen-bond donors (Lipinski definition) is 1. The minimum absolute atomic E-state index is 0.722. The third kappa shape index (κ3) is 3.05. The van der Waals surface area contributed by atoms with Gasteiger partial charge in [-0.3, -0.25) is 0 Å². The van der Waals surface area contributed by atoms with Crippen molar-refractivity contribution in [2.75, 3.05) is 19.5 Å². The molecule has 0 fully saturated rings. The summed E-state index contributed by atoms with van der Waals surface area (Å²) in [5.41, 5.74) is 7.76. The van der Waals surface area contributed by atoms with Gasteiger partial charge in [-0.15, -0.1) is 0 Å². The number of nitrogens with one attached hydrogen (secondary N) is 1. The molecule has 0 aliphatic heterocycles. The summed E-state index contributed by atoms with van der Waals surface area (Å²) in [6, 6.07) is 21.2. The quantitative estimate of drug-likeness (QED) is 0.565. The van der Waals surface area contributed by atoms with Crippen LogP contribution in [0.3, 0.4) is 0 Å². The molecule has 0 bridgehead atoms. The molecule has 25 heavy (non-hydrogen) atoms. The fourth-order valence-corrected chi connectivity index (χ4v) is 3.43. The van der Waals surface area contributed by atoms with E-state index in [0.29, 0.717) is 0 Å². The summed E-state index contributed by atoms with van der Waals surface area (Å²) < 4.78 is 10.7. The lowest BCUT2D eigenvalue weighted by atomic mass is 10.1. The van der Waals surface area contributed by atoms with E-state index in [0.717, 1.165) is 35.7 Å². The van der Waals surface area contributed by atoms with Crippen LogP contribution < -0.4 is 14.8 Å². The van der Waals surface area contributed by atoms with E-state index in [1.165, 1.54) is 22.3 Å². The van der Waals surface area contributed by atoms with Crippen molar-refractivity contribution in [2.45, 2.75) is 13.0 Å². The smallest absolute Gasteiger partial charge is 0.122 e. The molecule has 4 rings (SSSR count). The molecule has 0 saturated heterocycles. The predicted molar refractivity (Wildman–Crippen MR) is 102 cm³/mol. The Kier molecular flexibility index (Phi) is 4.06. The monoisotopic (exact) mass is 331 g/mol. The highest BCUT2D eigenvalue weighted by molar-refractivity contribution is 5.78. The molecule has 3 aromatic carbocycles. The first-order valence-electron chi connectivity index (χ1n) is 8.44. The summed E-state index contributed by atoms with van der Waals surface area (Å²) in [5, 5.41) is 3.51. The summed E-state index contributed by atoms with van der Waals surface area (Å²) in [4.78, 5) is 0. The van der Waals surface area contributed by atoms with Crippen LogP contribution in [0.4, 0.5) is 5.69 Å². The molecular weight excluding hydrogens is 310 g/mol. The van der Waals surface area contributed by atoms with Gasteiger partial charge in [-0.05, 0) is 58.5 Å². The number of ether oxygens (including phenoxy) is 2. The molecule has 1 N–H and O–H groups in total. The lowest BCUT2D eigenvalue weighted by Gasteiger charge is -2.11. The van der Waals surface area contributed by atoms with Gasteiger partial charge in [0.25, 0.3) is 0 Å². The van der Waals surface area contributed by atoms with Gasteiger partial charge in [0.1, 0.15) is 11.5 Å². The molecule has 0 spiro atoms. The molecule has 0 amide bonds. The number of anilines is 1. The highest BCUT2D eigenvalue weighted by Gasteiger charge is 2.17. The van der Waals surface area contributed by atoms with Gasteiger partial charge in [0, 0.05) is 18.3 Å². The van der Waals surface area contributed by atoms with Crippen molar-refractivity contribution in [3.8, 4) is 22.6 Å². The Labute approximate surface area is 148 Å². The molecule has 0 atom stereocenters. The van der Waals surface area contributed by atoms with Crippen LogP contribution in [0.2, 0.25) is 0 Å². The largest absolute Gasteiger partial charge is 0.497 e. The van der Waals surface area contributed by atoms with Gasteiger partial charge in [0.05, 0.1) is 14.2 Å². The third-order valence-electron chi connectivity index (χ3n) is 4.70. The van der Waals surface area contributed by atoms with E-state index in [1.807, 2.05) is 18.2 Å². The second kappa shape index (κ2) is 6.52. The minimum atomic E-state index is 0.722. The standard InChI is InChI=1S/C22H21NO2/c1-24-19-9-15(10-20(13-19)25-2)14-23-18-7-8-22-17(12-18)11-16-5-3-4-6-21(16)22/h3-10,12-13,23H,11,14H2,1-2H3. The lowest BCUT2D eigenvalue weighted by molar-refractivity contribution is 0.393. The van der Waals surface area contributed by atoms with Crippen molar-refractivity contribution in [3.63, 3.8) is 0 Å². The molecule has 0 heterocycles. The van der Waals surface area contributed by atoms with Crippen molar-refractivity contribution >= 4 is 5.69 Å². The first-order valence-corrected chi connectivity index (χ1v) is 8.44. The number of fused-ring (bicyclic) bond motifs is 3. The highest BCUT2D eigenvalue weighted by Crippen LogP contribution is 2.37. The average Bonchev–Trinajstić information content (AvgIpc) is 3.03. The molecule has 3 nitrogen and oxygen atoms in total. The van der Waals surface area contributed by atoms with E-state index >= 15 is 0 Å². The highest BCUT2D eigenvalue weighted by atomic mass is 16.5. The first kappa shape index (κ1) is 15.6. The normalized spacial score (nSPS) is 11.6. The minimum Gasteiger partial charge on any atom is -0.497 e. The van der Waals surface area contributed by atoms with Crippen LogP contribution >= 0.6 is 0 Å². The second-order valence-electron chi connectivity index (χ2n) is 6.28. The van der Waals surface area contributed by atoms with Crippen molar-refractivity contribution in [1.29, 1.82) is 0 Å². The fourth-order valence-electron chi connectivity index (χ4n) is 3.43. The van der Waals surface area contributed by atoms with E-state index in [-0.39, 0.29) is 0 Å². The summed E-state index contributed by atoms with van der Waals surface area (Å²) >= 11 is 0. The van der Waals surface area contributed by atoms with Gasteiger partial charge >= 0.3 is 0 Å². The Morgan fingerprint density at radius 2 is 1.52 bits per heavy atom. The average molecular weight is 331 g/mol. The summed E-state index contributed by atoms with van der Waals surface area (Å²) in [7, 11) is 3.34. The van der Waals surface area contributed by atoms with Crippen LogP contribution in [0.5, 0.6) is 11.5 Å². The van der Waals surface area contributed by atoms with Crippen LogP contribution in [0.25, 0.3) is 11.1 Å². The van der Waals surface area contributed by atoms with Crippen LogP contribution in [0, 0.1) is 0 Å². The van der Waals surface area contributed by atoms with Gasteiger partial charge < -0.3 is 14.8 Å². The van der Waals surface area contributed by atoms with E-state index in [4.69, 9.17) is 9.47 Å². The maximum atomic E-state index is 5.34. The molecule has 126 valence electrons. The van der Waals surface area contributed by atoms with Crippen LogP contribution in [-0.4, -0.2) is 14.2 Å². The Hall–Kier alpha value is -2.94. The van der Waals surface area contributed by atoms with Crippen molar-refractivity contribution in [1.82, 2.24) is 0 Å². The SMILES string of the molecule is COc1cc(CNc2ccc3c(c2)Cc2ccccc2-3)cc(OC)c1. The third-order valence-corrected chi connectivity index (χ3v) is 4.70. The predicted octanol–water partition coefficient (Wildman–Crippen LogP) is 4.89. The Balaban J connectivity index is 1.53. The maximum Gasteiger partial charge on any atom is 0.122 e. The number of methoxy groups -OCH3 is 2. The summed E-state index contributed by atoms with van der Waals surface area (Å²) in [6.45, 7) is 0.722. The molecule has 0 aromatic heterocycles. The molecule has 3 heteroatoms. The topological polar surface area (TPSA) is 30.5 Å². The zero-order valence-electron chi connectivity index (χ0n) is 14.5. The molecule has 1 aliphatic rings. The first-order chi connectivity index (χ1) is 12.3. The molecular formula is C22H21NO2. The molecule has 3 aromatic rings. The van der Waals surface area contributed by atoms with Gasteiger partial charge in [-0.25, -0.2) is 0 Å². The van der Waals surface area contributed by atoms with Crippen molar-refractivity contribution in [3.05, 3.63) is 77.4 Å². The van der Waals surface area contributed by atoms with E-state index in [1.54, 1.807) is 14.2 Å². The van der Waals surface area contributed by atoms with Crippen LogP contribution in [-0.2, 0) is 13.0 Å². The number of benzene rings is 3. The molecule has 1 aliphatic carbocycles. The lowest BCUT2D eigenvalue weighted by Crippen LogP contribution is -2.01. The Morgan fingerprint density at radius 1 is 0.800 bits per heavy atom. The summed E-state index contributed by atoms with van der Waals surface area (Å²) in [6.07, 6.45) is 1.01.